The lowest BCUT2D eigenvalue weighted by atomic mass is 9.97. The van der Waals surface area contributed by atoms with Crippen LogP contribution in [0.15, 0.2) is 42.7 Å². The van der Waals surface area contributed by atoms with Gasteiger partial charge in [-0.15, -0.1) is 0 Å². The molecule has 2 aromatic heterocycles. The maximum atomic E-state index is 5.96. The van der Waals surface area contributed by atoms with Crippen molar-refractivity contribution in [3.05, 3.63) is 54.0 Å². The molecule has 1 saturated heterocycles. The van der Waals surface area contributed by atoms with E-state index in [1.807, 2.05) is 12.1 Å². The Labute approximate surface area is 146 Å². The topological polar surface area (TPSA) is 73.6 Å². The molecule has 2 atom stereocenters. The Hall–Kier alpha value is -2.51. The van der Waals surface area contributed by atoms with Gasteiger partial charge < -0.3 is 14.8 Å². The Morgan fingerprint density at radius 3 is 3.04 bits per heavy atom. The molecule has 0 bridgehead atoms. The van der Waals surface area contributed by atoms with Crippen LogP contribution >= 0.6 is 0 Å². The van der Waals surface area contributed by atoms with Gasteiger partial charge in [-0.1, -0.05) is 30.3 Å². The average Bonchev–Trinajstić information content (AvgIpc) is 3.12. The molecular weight excluding hydrogens is 318 g/mol. The molecule has 1 aliphatic rings. The molecule has 7 nitrogen and oxygen atoms in total. The number of hydrogen-bond acceptors (Lipinski definition) is 6. The van der Waals surface area contributed by atoms with E-state index in [0.29, 0.717) is 18.4 Å². The summed E-state index contributed by atoms with van der Waals surface area (Å²) in [5, 5.41) is 7.86. The summed E-state index contributed by atoms with van der Waals surface area (Å²) in [6.45, 7) is 1.17. The number of nitrogens with one attached hydrogen (secondary N) is 1. The first-order valence-corrected chi connectivity index (χ1v) is 8.45. The maximum Gasteiger partial charge on any atom is 0.254 e. The number of benzene rings is 1. The third-order valence-electron chi connectivity index (χ3n) is 4.40. The molecule has 0 amide bonds. The molecule has 2 unspecified atom stereocenters. The fraction of sp³-hybridized carbons (Fsp3) is 0.389. The van der Waals surface area contributed by atoms with Gasteiger partial charge in [0.1, 0.15) is 12.1 Å². The van der Waals surface area contributed by atoms with Gasteiger partial charge in [0.25, 0.3) is 5.78 Å². The molecule has 3 heterocycles. The number of anilines is 1. The molecule has 0 radical (unpaired) electrons. The van der Waals surface area contributed by atoms with E-state index in [2.05, 4.69) is 44.6 Å². The first kappa shape index (κ1) is 16.0. The molecule has 1 fully saturated rings. The van der Waals surface area contributed by atoms with Gasteiger partial charge in [-0.05, 0) is 18.4 Å². The first-order valence-electron chi connectivity index (χ1n) is 8.45. The van der Waals surface area contributed by atoms with Crippen molar-refractivity contribution in [3.8, 4) is 0 Å². The molecule has 0 aliphatic carbocycles. The molecule has 130 valence electrons. The second-order valence-electron chi connectivity index (χ2n) is 6.17. The van der Waals surface area contributed by atoms with Crippen LogP contribution in [0.5, 0.6) is 0 Å². The molecule has 1 N–H and O–H groups in total. The lowest BCUT2D eigenvalue weighted by Crippen LogP contribution is -2.31. The van der Waals surface area contributed by atoms with Gasteiger partial charge in [0.05, 0.1) is 18.4 Å². The van der Waals surface area contributed by atoms with E-state index in [4.69, 9.17) is 9.47 Å². The number of rotatable bonds is 5. The van der Waals surface area contributed by atoms with Crippen LogP contribution in [0.1, 0.15) is 30.2 Å². The number of nitrogens with zero attached hydrogens (tertiary/aromatic N) is 4. The zero-order valence-corrected chi connectivity index (χ0v) is 14.1. The highest BCUT2D eigenvalue weighted by molar-refractivity contribution is 5.45. The van der Waals surface area contributed by atoms with E-state index in [9.17, 15) is 0 Å². The number of hydrogen-bond donors (Lipinski definition) is 1. The smallest absolute Gasteiger partial charge is 0.254 e. The molecule has 0 spiro atoms. The van der Waals surface area contributed by atoms with Crippen LogP contribution in [0.2, 0.25) is 0 Å². The van der Waals surface area contributed by atoms with E-state index in [1.54, 1.807) is 11.6 Å². The zero-order valence-electron chi connectivity index (χ0n) is 14.1. The van der Waals surface area contributed by atoms with Crippen LogP contribution in [0, 0.1) is 0 Å². The van der Waals surface area contributed by atoms with Crippen molar-refractivity contribution in [1.82, 2.24) is 19.6 Å². The van der Waals surface area contributed by atoms with Gasteiger partial charge in [-0.25, -0.2) is 4.98 Å². The van der Waals surface area contributed by atoms with Crippen molar-refractivity contribution >= 4 is 11.6 Å². The second kappa shape index (κ2) is 7.16. The predicted molar refractivity (Wildman–Crippen MR) is 93.3 cm³/mol. The SMILES string of the molecule is COCc1cc(NC2CCOC(c3ccccc3)C2)n2ncnc2n1. The summed E-state index contributed by atoms with van der Waals surface area (Å²) in [5.74, 6) is 1.46. The highest BCUT2D eigenvalue weighted by Crippen LogP contribution is 2.29. The van der Waals surface area contributed by atoms with Crippen molar-refractivity contribution in [3.63, 3.8) is 0 Å². The molecule has 1 aliphatic heterocycles. The summed E-state index contributed by atoms with van der Waals surface area (Å²) in [6, 6.07) is 12.6. The maximum absolute atomic E-state index is 5.96. The Balaban J connectivity index is 1.55. The van der Waals surface area contributed by atoms with E-state index in [1.165, 1.54) is 11.9 Å². The summed E-state index contributed by atoms with van der Waals surface area (Å²) in [7, 11) is 1.66. The third-order valence-corrected chi connectivity index (χ3v) is 4.40. The summed E-state index contributed by atoms with van der Waals surface area (Å²) < 4.78 is 12.9. The second-order valence-corrected chi connectivity index (χ2v) is 6.17. The molecule has 25 heavy (non-hydrogen) atoms. The van der Waals surface area contributed by atoms with Gasteiger partial charge in [0.15, 0.2) is 0 Å². The Kier molecular flexibility index (Phi) is 4.58. The van der Waals surface area contributed by atoms with Crippen molar-refractivity contribution < 1.29 is 9.47 Å². The molecule has 3 aromatic rings. The summed E-state index contributed by atoms with van der Waals surface area (Å²) in [6.07, 6.45) is 3.48. The molecule has 1 aromatic carbocycles. The van der Waals surface area contributed by atoms with Crippen molar-refractivity contribution in [2.24, 2.45) is 0 Å². The lowest BCUT2D eigenvalue weighted by molar-refractivity contribution is 0.00971. The van der Waals surface area contributed by atoms with E-state index in [-0.39, 0.29) is 6.10 Å². The number of ether oxygens (including phenoxy) is 2. The minimum Gasteiger partial charge on any atom is -0.378 e. The van der Waals surface area contributed by atoms with Crippen LogP contribution < -0.4 is 5.32 Å². The highest BCUT2D eigenvalue weighted by atomic mass is 16.5. The quantitative estimate of drug-likeness (QED) is 0.770. The Morgan fingerprint density at radius 2 is 2.20 bits per heavy atom. The van der Waals surface area contributed by atoms with Gasteiger partial charge >= 0.3 is 0 Å². The van der Waals surface area contributed by atoms with E-state index >= 15 is 0 Å². The lowest BCUT2D eigenvalue weighted by Gasteiger charge is -2.31. The standard InChI is InChI=1S/C18H21N5O2/c1-24-11-15-10-17(23-18(22-15)19-12-20-23)21-14-7-8-25-16(9-14)13-5-3-2-4-6-13/h2-6,10,12,14,16,21H,7-9,11H2,1H3. The van der Waals surface area contributed by atoms with Gasteiger partial charge in [-0.2, -0.15) is 14.6 Å². The van der Waals surface area contributed by atoms with E-state index < -0.39 is 0 Å². The van der Waals surface area contributed by atoms with Gasteiger partial charge in [0.2, 0.25) is 0 Å². The summed E-state index contributed by atoms with van der Waals surface area (Å²) >= 11 is 0. The largest absolute Gasteiger partial charge is 0.378 e. The van der Waals surface area contributed by atoms with E-state index in [0.717, 1.165) is 31.0 Å². The minimum absolute atomic E-state index is 0.110. The number of fused-ring (bicyclic) bond motifs is 1. The monoisotopic (exact) mass is 339 g/mol. The average molecular weight is 339 g/mol. The molecular formula is C18H21N5O2. The normalized spacial score (nSPS) is 20.7. The van der Waals surface area contributed by atoms with Crippen LogP contribution in [-0.2, 0) is 16.1 Å². The van der Waals surface area contributed by atoms with Crippen molar-refractivity contribution in [2.45, 2.75) is 31.6 Å². The van der Waals surface area contributed by atoms with Crippen LogP contribution in [0.25, 0.3) is 5.78 Å². The van der Waals surface area contributed by atoms with Gasteiger partial charge in [0, 0.05) is 25.8 Å². The predicted octanol–water partition coefficient (Wildman–Crippen LogP) is 2.60. The van der Waals surface area contributed by atoms with Crippen molar-refractivity contribution in [1.29, 1.82) is 0 Å². The molecule has 4 rings (SSSR count). The Bertz CT molecular complexity index is 836. The van der Waals surface area contributed by atoms with Crippen molar-refractivity contribution in [2.75, 3.05) is 19.0 Å². The zero-order chi connectivity index (χ0) is 17.1. The summed E-state index contributed by atoms with van der Waals surface area (Å²) in [4.78, 5) is 8.64. The molecule has 0 saturated carbocycles. The first-order chi connectivity index (χ1) is 12.3. The van der Waals surface area contributed by atoms with Crippen LogP contribution in [0.4, 0.5) is 5.82 Å². The fourth-order valence-corrected chi connectivity index (χ4v) is 3.22. The Morgan fingerprint density at radius 1 is 1.32 bits per heavy atom. The number of aromatic nitrogens is 4. The fourth-order valence-electron chi connectivity index (χ4n) is 3.22. The van der Waals surface area contributed by atoms with Gasteiger partial charge in [-0.3, -0.25) is 0 Å². The summed E-state index contributed by atoms with van der Waals surface area (Å²) in [5.41, 5.74) is 2.05. The minimum atomic E-state index is 0.110. The third kappa shape index (κ3) is 3.47. The highest BCUT2D eigenvalue weighted by Gasteiger charge is 2.24. The van der Waals surface area contributed by atoms with Crippen LogP contribution in [0.3, 0.4) is 0 Å². The van der Waals surface area contributed by atoms with Crippen LogP contribution in [-0.4, -0.2) is 39.3 Å². The molecule has 7 heteroatoms. The number of methoxy groups -OCH3 is 1.